The summed E-state index contributed by atoms with van der Waals surface area (Å²) in [5.41, 5.74) is 0. The van der Waals surface area contributed by atoms with Gasteiger partial charge in [0.2, 0.25) is 4.38 Å². The van der Waals surface area contributed by atoms with Gasteiger partial charge in [-0.05, 0) is 25.6 Å². The first-order chi connectivity index (χ1) is 3.66. The maximum atomic E-state index is 4.99. The summed E-state index contributed by atoms with van der Waals surface area (Å²) < 4.78 is 5.33. The zero-order valence-electron chi connectivity index (χ0n) is 5.05. The Morgan fingerprint density at radius 3 is 2.33 bits per heavy atom. The molecule has 0 amide bonds. The molecule has 0 radical (unpaired) electrons. The standard InChI is InChI=1S/C5H10OS2.Na.H/c1-3-4(2)6-5(7)8;;/h4H,3H2,1-2H3,(H,7,8);;. The quantitative estimate of drug-likeness (QED) is 0.384. The van der Waals surface area contributed by atoms with Gasteiger partial charge in [-0.2, -0.15) is 0 Å². The molecule has 50 valence electrons. The van der Waals surface area contributed by atoms with E-state index in [0.717, 1.165) is 6.42 Å². The predicted octanol–water partition coefficient (Wildman–Crippen LogP) is 1.37. The fourth-order valence-corrected chi connectivity index (χ4v) is 0.600. The van der Waals surface area contributed by atoms with E-state index >= 15 is 0 Å². The average molecular weight is 174 g/mol. The second-order valence-corrected chi connectivity index (χ2v) is 2.68. The molecule has 1 unspecified atom stereocenters. The third-order valence-electron chi connectivity index (χ3n) is 0.877. The molecule has 1 nitrogen and oxygen atoms in total. The monoisotopic (exact) mass is 174 g/mol. The van der Waals surface area contributed by atoms with Gasteiger partial charge < -0.3 is 4.74 Å². The van der Waals surface area contributed by atoms with E-state index in [-0.39, 0.29) is 35.7 Å². The van der Waals surface area contributed by atoms with Crippen LogP contribution in [0.1, 0.15) is 20.3 Å². The van der Waals surface area contributed by atoms with E-state index in [0.29, 0.717) is 4.38 Å². The van der Waals surface area contributed by atoms with Gasteiger partial charge >= 0.3 is 29.6 Å². The molecule has 0 aliphatic rings. The molecule has 0 spiro atoms. The molecule has 9 heavy (non-hydrogen) atoms. The van der Waals surface area contributed by atoms with E-state index in [2.05, 4.69) is 24.8 Å². The summed E-state index contributed by atoms with van der Waals surface area (Å²) in [5.74, 6) is 0. The molecule has 0 bridgehead atoms. The molecule has 0 aromatic rings. The Morgan fingerprint density at radius 2 is 2.22 bits per heavy atom. The fraction of sp³-hybridized carbons (Fsp3) is 0.800. The Balaban J connectivity index is 0. The molecule has 0 fully saturated rings. The van der Waals surface area contributed by atoms with Gasteiger partial charge in [0.1, 0.15) is 0 Å². The van der Waals surface area contributed by atoms with Crippen LogP contribution in [-0.2, 0) is 4.74 Å². The van der Waals surface area contributed by atoms with E-state index < -0.39 is 0 Å². The van der Waals surface area contributed by atoms with E-state index in [9.17, 15) is 0 Å². The summed E-state index contributed by atoms with van der Waals surface area (Å²) in [5, 5.41) is 0. The molecule has 0 aliphatic heterocycles. The summed E-state index contributed by atoms with van der Waals surface area (Å²) in [6.45, 7) is 4.00. The average Bonchev–Trinajstić information content (AvgIpc) is 1.65. The zero-order chi connectivity index (χ0) is 6.57. The van der Waals surface area contributed by atoms with Gasteiger partial charge in [-0.15, -0.1) is 0 Å². The second-order valence-electron chi connectivity index (χ2n) is 1.60. The van der Waals surface area contributed by atoms with Crippen LogP contribution in [0.4, 0.5) is 0 Å². The van der Waals surface area contributed by atoms with Crippen LogP contribution in [0, 0.1) is 0 Å². The SMILES string of the molecule is CCC(C)OC(=S)S.[NaH]. The second kappa shape index (κ2) is 7.35. The van der Waals surface area contributed by atoms with Crippen molar-refractivity contribution in [2.24, 2.45) is 0 Å². The van der Waals surface area contributed by atoms with Crippen LogP contribution in [0.25, 0.3) is 0 Å². The van der Waals surface area contributed by atoms with Crippen molar-refractivity contribution in [3.05, 3.63) is 0 Å². The van der Waals surface area contributed by atoms with Gasteiger partial charge in [0.05, 0.1) is 6.10 Å². The molecule has 4 heteroatoms. The summed E-state index contributed by atoms with van der Waals surface area (Å²) in [7, 11) is 0. The van der Waals surface area contributed by atoms with Crippen molar-refractivity contribution < 1.29 is 4.74 Å². The number of hydrogen-bond acceptors (Lipinski definition) is 2. The topological polar surface area (TPSA) is 9.23 Å². The predicted molar refractivity (Wildman–Crippen MR) is 49.6 cm³/mol. The van der Waals surface area contributed by atoms with E-state index in [1.54, 1.807) is 0 Å². The van der Waals surface area contributed by atoms with E-state index in [4.69, 9.17) is 4.74 Å². The van der Waals surface area contributed by atoms with Crippen molar-refractivity contribution >= 4 is 58.8 Å². The van der Waals surface area contributed by atoms with Crippen LogP contribution in [-0.4, -0.2) is 40.0 Å². The third-order valence-corrected chi connectivity index (χ3v) is 1.08. The van der Waals surface area contributed by atoms with Crippen LogP contribution in [0.5, 0.6) is 0 Å². The van der Waals surface area contributed by atoms with Gasteiger partial charge in [-0.3, -0.25) is 0 Å². The first-order valence-corrected chi connectivity index (χ1v) is 3.42. The Bertz CT molecular complexity index is 87.0. The first kappa shape index (κ1) is 12.9. The first-order valence-electron chi connectivity index (χ1n) is 2.56. The number of ether oxygens (including phenoxy) is 1. The van der Waals surface area contributed by atoms with E-state index in [1.165, 1.54) is 0 Å². The van der Waals surface area contributed by atoms with E-state index in [1.807, 2.05) is 13.8 Å². The Hall–Kier alpha value is 1.24. The molecule has 0 rings (SSSR count). The molecular weight excluding hydrogens is 163 g/mol. The van der Waals surface area contributed by atoms with Crippen LogP contribution >= 0.6 is 24.8 Å². The minimum atomic E-state index is 0. The van der Waals surface area contributed by atoms with Crippen molar-refractivity contribution in [3.8, 4) is 0 Å². The van der Waals surface area contributed by atoms with Crippen LogP contribution in [0.15, 0.2) is 0 Å². The Morgan fingerprint density at radius 1 is 1.78 bits per heavy atom. The van der Waals surface area contributed by atoms with Gasteiger partial charge in [-0.1, -0.05) is 19.6 Å². The molecule has 0 aromatic heterocycles. The molecular formula is C5H11NaOS2. The van der Waals surface area contributed by atoms with Crippen LogP contribution in [0.2, 0.25) is 0 Å². The van der Waals surface area contributed by atoms with Gasteiger partial charge in [0.15, 0.2) is 0 Å². The summed E-state index contributed by atoms with van der Waals surface area (Å²) in [6.07, 6.45) is 1.18. The van der Waals surface area contributed by atoms with Gasteiger partial charge in [-0.25, -0.2) is 0 Å². The number of thiol groups is 1. The zero-order valence-corrected chi connectivity index (χ0v) is 6.76. The molecule has 0 saturated heterocycles. The number of rotatable bonds is 2. The fourth-order valence-electron chi connectivity index (χ4n) is 0.255. The van der Waals surface area contributed by atoms with Crippen molar-refractivity contribution in [1.82, 2.24) is 0 Å². The summed E-state index contributed by atoms with van der Waals surface area (Å²) in [6, 6.07) is 0. The van der Waals surface area contributed by atoms with Crippen molar-refractivity contribution in [2.75, 3.05) is 0 Å². The van der Waals surface area contributed by atoms with Gasteiger partial charge in [0.25, 0.3) is 0 Å². The van der Waals surface area contributed by atoms with Crippen LogP contribution < -0.4 is 0 Å². The molecule has 0 N–H and O–H groups in total. The maximum absolute atomic E-state index is 4.99. The normalized spacial score (nSPS) is 11.4. The molecule has 0 heterocycles. The molecule has 0 aromatic carbocycles. The Labute approximate surface area is 89.2 Å². The van der Waals surface area contributed by atoms with Crippen LogP contribution in [0.3, 0.4) is 0 Å². The van der Waals surface area contributed by atoms with Gasteiger partial charge in [0, 0.05) is 0 Å². The number of thiocarbonyl (C=S) groups is 1. The van der Waals surface area contributed by atoms with Crippen molar-refractivity contribution in [1.29, 1.82) is 0 Å². The summed E-state index contributed by atoms with van der Waals surface area (Å²) in [4.78, 5) is 0. The molecule has 1 atom stereocenters. The van der Waals surface area contributed by atoms with Crippen molar-refractivity contribution in [3.63, 3.8) is 0 Å². The minimum absolute atomic E-state index is 0. The summed E-state index contributed by atoms with van der Waals surface area (Å²) >= 11 is 8.38. The third kappa shape index (κ3) is 9.24. The number of hydrogen-bond donors (Lipinski definition) is 1. The molecule has 0 aliphatic carbocycles. The molecule has 0 saturated carbocycles. The Kier molecular flexibility index (Phi) is 10.5. The van der Waals surface area contributed by atoms with Crippen molar-refractivity contribution in [2.45, 2.75) is 26.4 Å².